The molecule has 0 radical (unpaired) electrons. The lowest BCUT2D eigenvalue weighted by Crippen LogP contribution is -2.35. The van der Waals surface area contributed by atoms with Gasteiger partial charge in [0.2, 0.25) is 5.78 Å². The molecular weight excluding hydrogens is 458 g/mol. The molecule has 0 spiro atoms. The molecule has 0 saturated carbocycles. The van der Waals surface area contributed by atoms with Crippen molar-refractivity contribution in [3.63, 3.8) is 0 Å². The standard InChI is InChI=1S/C24H21N3O4S2/c1-12-21(14(3)28)33-24(26-12)27-17(11-10-16-8-6-5-7-9-16)18(20(30)23(27)31)19(29)22-13(2)25-15(4)32-22/h5-11,17,30H,1-4H3. The molecule has 1 atom stereocenters. The van der Waals surface area contributed by atoms with Crippen molar-refractivity contribution in [1.82, 2.24) is 9.97 Å². The molecule has 3 heterocycles. The molecule has 1 unspecified atom stereocenters. The molecule has 2 aromatic heterocycles. The van der Waals surface area contributed by atoms with E-state index in [1.165, 1.54) is 23.2 Å². The second-order valence-corrected chi connectivity index (χ2v) is 9.78. The van der Waals surface area contributed by atoms with Crippen molar-refractivity contribution in [1.29, 1.82) is 0 Å². The molecule has 3 aromatic rings. The van der Waals surface area contributed by atoms with Crippen molar-refractivity contribution in [3.8, 4) is 0 Å². The fourth-order valence-electron chi connectivity index (χ4n) is 3.70. The second kappa shape index (κ2) is 8.84. The Labute approximate surface area is 198 Å². The van der Waals surface area contributed by atoms with Crippen LogP contribution in [0.15, 0.2) is 47.7 Å². The van der Waals surface area contributed by atoms with Crippen molar-refractivity contribution < 1.29 is 19.5 Å². The number of carbonyl (C=O) groups excluding carboxylic acids is 3. The summed E-state index contributed by atoms with van der Waals surface area (Å²) in [5.74, 6) is -1.97. The Kier molecular flexibility index (Phi) is 6.09. The van der Waals surface area contributed by atoms with Crippen LogP contribution in [0.2, 0.25) is 0 Å². The predicted molar refractivity (Wildman–Crippen MR) is 129 cm³/mol. The number of rotatable bonds is 6. The quantitative estimate of drug-likeness (QED) is 0.507. The molecule has 0 fully saturated rings. The summed E-state index contributed by atoms with van der Waals surface area (Å²) in [5, 5.41) is 11.8. The number of ketones is 2. The van der Waals surface area contributed by atoms with Crippen molar-refractivity contribution in [2.24, 2.45) is 0 Å². The van der Waals surface area contributed by atoms with Crippen molar-refractivity contribution in [2.45, 2.75) is 33.7 Å². The lowest BCUT2D eigenvalue weighted by molar-refractivity contribution is -0.116. The number of nitrogens with zero attached hydrogens (tertiary/aromatic N) is 3. The number of aryl methyl sites for hydroxylation is 3. The Balaban J connectivity index is 1.83. The molecular formula is C24H21N3O4S2. The van der Waals surface area contributed by atoms with Gasteiger partial charge in [0.15, 0.2) is 16.7 Å². The minimum Gasteiger partial charge on any atom is -0.503 e. The molecule has 0 bridgehead atoms. The van der Waals surface area contributed by atoms with Gasteiger partial charge in [-0.25, -0.2) is 9.97 Å². The first kappa shape index (κ1) is 22.8. The molecule has 1 N–H and O–H groups in total. The van der Waals surface area contributed by atoms with E-state index in [9.17, 15) is 19.5 Å². The van der Waals surface area contributed by atoms with Gasteiger partial charge in [0.05, 0.1) is 37.8 Å². The predicted octanol–water partition coefficient (Wildman–Crippen LogP) is 4.85. The lowest BCUT2D eigenvalue weighted by Gasteiger charge is -2.21. The summed E-state index contributed by atoms with van der Waals surface area (Å²) < 4.78 is 0. The first-order valence-electron chi connectivity index (χ1n) is 10.2. The molecule has 168 valence electrons. The number of hydrogen-bond acceptors (Lipinski definition) is 8. The molecule has 1 aromatic carbocycles. The van der Waals surface area contributed by atoms with E-state index in [0.717, 1.165) is 21.9 Å². The zero-order chi connectivity index (χ0) is 23.9. The number of carbonyl (C=O) groups is 3. The summed E-state index contributed by atoms with van der Waals surface area (Å²) in [6.45, 7) is 6.64. The summed E-state index contributed by atoms with van der Waals surface area (Å²) >= 11 is 2.28. The monoisotopic (exact) mass is 479 g/mol. The van der Waals surface area contributed by atoms with Crippen LogP contribution in [0.4, 0.5) is 5.13 Å². The molecule has 33 heavy (non-hydrogen) atoms. The number of aliphatic hydroxyl groups excluding tert-OH is 1. The van der Waals surface area contributed by atoms with E-state index in [-0.39, 0.29) is 16.5 Å². The van der Waals surface area contributed by atoms with Crippen LogP contribution < -0.4 is 4.90 Å². The third-order valence-corrected chi connectivity index (χ3v) is 7.52. The lowest BCUT2D eigenvalue weighted by atomic mass is 10.0. The maximum absolute atomic E-state index is 13.5. The van der Waals surface area contributed by atoms with Gasteiger partial charge in [-0.15, -0.1) is 11.3 Å². The van der Waals surface area contributed by atoms with Crippen molar-refractivity contribution in [3.05, 3.63) is 79.5 Å². The fraction of sp³-hybridized carbons (Fsp3) is 0.208. The topological polar surface area (TPSA) is 100 Å². The van der Waals surface area contributed by atoms with Crippen LogP contribution in [0.25, 0.3) is 6.08 Å². The molecule has 9 heteroatoms. The molecule has 7 nitrogen and oxygen atoms in total. The maximum Gasteiger partial charge on any atom is 0.296 e. The average Bonchev–Trinajstić information content (AvgIpc) is 3.40. The zero-order valence-electron chi connectivity index (χ0n) is 18.4. The largest absolute Gasteiger partial charge is 0.503 e. The van der Waals surface area contributed by atoms with Gasteiger partial charge in [-0.3, -0.25) is 19.3 Å². The van der Waals surface area contributed by atoms with Gasteiger partial charge < -0.3 is 5.11 Å². The summed E-state index contributed by atoms with van der Waals surface area (Å²) in [6.07, 6.45) is 3.48. The summed E-state index contributed by atoms with van der Waals surface area (Å²) in [4.78, 5) is 49.4. The summed E-state index contributed by atoms with van der Waals surface area (Å²) in [5.41, 5.74) is 1.88. The fourth-order valence-corrected chi connectivity index (χ4v) is 5.57. The third-order valence-electron chi connectivity index (χ3n) is 5.19. The van der Waals surface area contributed by atoms with E-state index in [2.05, 4.69) is 9.97 Å². The third kappa shape index (κ3) is 4.17. The molecule has 4 rings (SSSR count). The van der Waals surface area contributed by atoms with E-state index >= 15 is 0 Å². The Bertz CT molecular complexity index is 1330. The maximum atomic E-state index is 13.5. The zero-order valence-corrected chi connectivity index (χ0v) is 20.1. The van der Waals surface area contributed by atoms with E-state index in [1.54, 1.807) is 32.9 Å². The van der Waals surface area contributed by atoms with Gasteiger partial charge in [0.1, 0.15) is 0 Å². The van der Waals surface area contributed by atoms with Crippen LogP contribution in [-0.2, 0) is 4.79 Å². The first-order chi connectivity index (χ1) is 15.7. The molecule has 1 aliphatic rings. The number of thiazole rings is 2. The van der Waals surface area contributed by atoms with Crippen LogP contribution in [-0.4, -0.2) is 38.6 Å². The van der Waals surface area contributed by atoms with Crippen LogP contribution in [0, 0.1) is 20.8 Å². The van der Waals surface area contributed by atoms with Crippen molar-refractivity contribution >= 4 is 51.4 Å². The Morgan fingerprint density at radius 1 is 1.03 bits per heavy atom. The van der Waals surface area contributed by atoms with Gasteiger partial charge in [-0.2, -0.15) is 0 Å². The Morgan fingerprint density at radius 2 is 1.70 bits per heavy atom. The number of aliphatic hydroxyl groups is 1. The minimum absolute atomic E-state index is 0.0313. The highest BCUT2D eigenvalue weighted by atomic mass is 32.1. The van der Waals surface area contributed by atoms with Crippen LogP contribution in [0.5, 0.6) is 0 Å². The number of amides is 1. The second-order valence-electron chi connectivity index (χ2n) is 7.60. The van der Waals surface area contributed by atoms with Crippen LogP contribution in [0.3, 0.4) is 0 Å². The van der Waals surface area contributed by atoms with Crippen LogP contribution in [0.1, 0.15) is 48.2 Å². The van der Waals surface area contributed by atoms with E-state index in [4.69, 9.17) is 0 Å². The highest BCUT2D eigenvalue weighted by Crippen LogP contribution is 2.37. The average molecular weight is 480 g/mol. The van der Waals surface area contributed by atoms with E-state index < -0.39 is 23.5 Å². The van der Waals surface area contributed by atoms with E-state index in [1.807, 2.05) is 30.3 Å². The minimum atomic E-state index is -0.891. The number of Topliss-reactive ketones (excluding diaryl/α,β-unsaturated/α-hetero) is 2. The van der Waals surface area contributed by atoms with Gasteiger partial charge in [0, 0.05) is 6.92 Å². The highest BCUT2D eigenvalue weighted by Gasteiger charge is 2.44. The Morgan fingerprint density at radius 3 is 2.27 bits per heavy atom. The number of hydrogen-bond donors (Lipinski definition) is 1. The molecule has 0 aliphatic carbocycles. The van der Waals surface area contributed by atoms with Gasteiger partial charge in [-0.05, 0) is 26.3 Å². The number of aromatic nitrogens is 2. The first-order valence-corrected chi connectivity index (χ1v) is 11.8. The highest BCUT2D eigenvalue weighted by molar-refractivity contribution is 7.18. The molecule has 0 saturated heterocycles. The smallest absolute Gasteiger partial charge is 0.296 e. The molecule has 1 amide bonds. The van der Waals surface area contributed by atoms with Crippen molar-refractivity contribution in [2.75, 3.05) is 4.90 Å². The van der Waals surface area contributed by atoms with Crippen LogP contribution >= 0.6 is 22.7 Å². The van der Waals surface area contributed by atoms with Gasteiger partial charge >= 0.3 is 0 Å². The van der Waals surface area contributed by atoms with E-state index in [0.29, 0.717) is 21.1 Å². The number of anilines is 1. The number of benzene rings is 1. The normalized spacial score (nSPS) is 16.3. The van der Waals surface area contributed by atoms with Gasteiger partial charge in [-0.1, -0.05) is 53.8 Å². The summed E-state index contributed by atoms with van der Waals surface area (Å²) in [6, 6.07) is 8.53. The molecule has 1 aliphatic heterocycles. The Hall–Kier alpha value is -3.43. The summed E-state index contributed by atoms with van der Waals surface area (Å²) in [7, 11) is 0. The van der Waals surface area contributed by atoms with Gasteiger partial charge in [0.25, 0.3) is 5.91 Å². The SMILES string of the molecule is CC(=O)c1sc(N2C(=O)C(O)=C(C(=O)c3sc(C)nc3C)C2C=Cc2ccccc2)nc1C.